The molecule has 0 saturated heterocycles. The fourth-order valence-electron chi connectivity index (χ4n) is 1.48. The molecule has 1 aromatic heterocycles. The zero-order valence-electron chi connectivity index (χ0n) is 8.66. The Kier molecular flexibility index (Phi) is 3.98. The maximum atomic E-state index is 13.5. The number of halogens is 3. The molecule has 0 atom stereocenters. The second-order valence-electron chi connectivity index (χ2n) is 3.52. The Morgan fingerprint density at radius 2 is 2.12 bits per heavy atom. The van der Waals surface area contributed by atoms with E-state index in [1.165, 1.54) is 10.6 Å². The van der Waals surface area contributed by atoms with Gasteiger partial charge in [-0.1, -0.05) is 15.9 Å². The van der Waals surface area contributed by atoms with Gasteiger partial charge in [-0.15, -0.1) is 0 Å². The van der Waals surface area contributed by atoms with Crippen molar-refractivity contribution in [3.05, 3.63) is 66.3 Å². The first-order valence-electron chi connectivity index (χ1n) is 4.87. The van der Waals surface area contributed by atoms with Crippen LogP contribution < -0.4 is 5.56 Å². The number of hydrogen-bond acceptors (Lipinski definition) is 1. The van der Waals surface area contributed by atoms with Gasteiger partial charge in [-0.3, -0.25) is 4.79 Å². The zero-order valence-corrected chi connectivity index (χ0v) is 12.4. The van der Waals surface area contributed by atoms with Gasteiger partial charge in [0.15, 0.2) is 0 Å². The number of benzene rings is 1. The first-order chi connectivity index (χ1) is 8.08. The Morgan fingerprint density at radius 1 is 1.35 bits per heavy atom. The molecule has 1 heterocycles. The van der Waals surface area contributed by atoms with Crippen LogP contribution in [0.15, 0.2) is 45.8 Å². The number of pyridine rings is 1. The molecule has 0 aliphatic carbocycles. The minimum absolute atomic E-state index is 0.104. The second kappa shape index (κ2) is 5.30. The maximum absolute atomic E-state index is 13.5. The normalized spacial score (nSPS) is 10.5. The molecule has 0 aliphatic heterocycles. The maximum Gasteiger partial charge on any atom is 0.264 e. The van der Waals surface area contributed by atoms with E-state index >= 15 is 0 Å². The minimum Gasteiger partial charge on any atom is -0.310 e. The van der Waals surface area contributed by atoms with Gasteiger partial charge >= 0.3 is 0 Å². The Bertz CT molecular complexity index is 612. The lowest BCUT2D eigenvalue weighted by atomic mass is 10.2. The quantitative estimate of drug-likeness (QED) is 0.699. The van der Waals surface area contributed by atoms with Crippen LogP contribution in [0.1, 0.15) is 5.56 Å². The van der Waals surface area contributed by atoms with Crippen molar-refractivity contribution in [1.82, 2.24) is 4.57 Å². The minimum atomic E-state index is -0.307. The molecule has 2 aromatic rings. The highest BCUT2D eigenvalue weighted by molar-refractivity contribution is 14.1. The SMILES string of the molecule is O=c1c(I)cccn1Cc1cc(Br)ccc1F. The molecule has 17 heavy (non-hydrogen) atoms. The molecule has 0 N–H and O–H groups in total. The van der Waals surface area contributed by atoms with E-state index in [1.54, 1.807) is 30.5 Å². The number of aromatic nitrogens is 1. The van der Waals surface area contributed by atoms with Gasteiger partial charge < -0.3 is 4.57 Å². The van der Waals surface area contributed by atoms with Gasteiger partial charge in [0.05, 0.1) is 10.1 Å². The van der Waals surface area contributed by atoms with Crippen molar-refractivity contribution >= 4 is 38.5 Å². The van der Waals surface area contributed by atoms with Crippen molar-refractivity contribution < 1.29 is 4.39 Å². The van der Waals surface area contributed by atoms with Crippen LogP contribution in [0.2, 0.25) is 0 Å². The van der Waals surface area contributed by atoms with E-state index < -0.39 is 0 Å². The Balaban J connectivity index is 2.41. The summed E-state index contributed by atoms with van der Waals surface area (Å²) in [5, 5.41) is 0. The molecule has 0 unspecified atom stereocenters. The van der Waals surface area contributed by atoms with E-state index in [0.717, 1.165) is 4.47 Å². The average molecular weight is 408 g/mol. The Morgan fingerprint density at radius 3 is 2.88 bits per heavy atom. The lowest BCUT2D eigenvalue weighted by molar-refractivity contribution is 0.595. The fraction of sp³-hybridized carbons (Fsp3) is 0.0833. The molecule has 0 saturated carbocycles. The third-order valence-electron chi connectivity index (χ3n) is 2.32. The lowest BCUT2D eigenvalue weighted by Gasteiger charge is -2.07. The molecule has 0 radical (unpaired) electrons. The highest BCUT2D eigenvalue weighted by Gasteiger charge is 2.06. The molecule has 88 valence electrons. The molecule has 2 nitrogen and oxygen atoms in total. The molecule has 1 aromatic carbocycles. The van der Waals surface area contributed by atoms with Crippen LogP contribution >= 0.6 is 38.5 Å². The van der Waals surface area contributed by atoms with Gasteiger partial charge in [0, 0.05) is 16.2 Å². The van der Waals surface area contributed by atoms with Crippen molar-refractivity contribution in [3.8, 4) is 0 Å². The molecule has 2 rings (SSSR count). The van der Waals surface area contributed by atoms with Crippen molar-refractivity contribution in [2.45, 2.75) is 6.54 Å². The van der Waals surface area contributed by atoms with Crippen LogP contribution in [0, 0.1) is 9.39 Å². The summed E-state index contributed by atoms with van der Waals surface area (Å²) in [6.45, 7) is 0.237. The van der Waals surface area contributed by atoms with E-state index in [4.69, 9.17) is 0 Å². The molecule has 0 aliphatic rings. The summed E-state index contributed by atoms with van der Waals surface area (Å²) in [6.07, 6.45) is 1.66. The van der Waals surface area contributed by atoms with Crippen molar-refractivity contribution in [3.63, 3.8) is 0 Å². The molecule has 0 fully saturated rings. The molecule has 0 bridgehead atoms. The number of hydrogen-bond donors (Lipinski definition) is 0. The second-order valence-corrected chi connectivity index (χ2v) is 5.60. The third-order valence-corrected chi connectivity index (χ3v) is 3.64. The highest BCUT2D eigenvalue weighted by atomic mass is 127. The van der Waals surface area contributed by atoms with Crippen molar-refractivity contribution in [1.29, 1.82) is 0 Å². The Hall–Kier alpha value is -0.690. The number of rotatable bonds is 2. The average Bonchev–Trinajstić information content (AvgIpc) is 2.30. The largest absolute Gasteiger partial charge is 0.310 e. The van der Waals surface area contributed by atoms with Gasteiger partial charge in [-0.2, -0.15) is 0 Å². The van der Waals surface area contributed by atoms with E-state index in [1.807, 2.05) is 22.6 Å². The van der Waals surface area contributed by atoms with Crippen molar-refractivity contribution in [2.75, 3.05) is 0 Å². The van der Waals surface area contributed by atoms with E-state index in [0.29, 0.717) is 9.13 Å². The van der Waals surface area contributed by atoms with Gasteiger partial charge in [-0.05, 0) is 52.9 Å². The molecule has 5 heteroatoms. The molecular formula is C12H8BrFINO. The van der Waals surface area contributed by atoms with Crippen LogP contribution in [0.4, 0.5) is 4.39 Å². The monoisotopic (exact) mass is 407 g/mol. The first-order valence-corrected chi connectivity index (χ1v) is 6.74. The summed E-state index contributed by atoms with van der Waals surface area (Å²) in [5.41, 5.74) is 0.385. The van der Waals surface area contributed by atoms with Crippen molar-refractivity contribution in [2.24, 2.45) is 0 Å². The van der Waals surface area contributed by atoms with Crippen LogP contribution in [-0.2, 0) is 6.54 Å². The first kappa shape index (κ1) is 12.8. The third kappa shape index (κ3) is 2.95. The van der Waals surface area contributed by atoms with E-state index in [9.17, 15) is 9.18 Å². The van der Waals surface area contributed by atoms with Gasteiger partial charge in [-0.25, -0.2) is 4.39 Å². The summed E-state index contributed by atoms with van der Waals surface area (Å²) in [4.78, 5) is 11.8. The summed E-state index contributed by atoms with van der Waals surface area (Å²) < 4.78 is 16.5. The standard InChI is InChI=1S/C12H8BrFINO/c13-9-3-4-10(14)8(6-9)7-16-5-1-2-11(15)12(16)17/h1-6H,7H2. The summed E-state index contributed by atoms with van der Waals surface area (Å²) in [5.74, 6) is -0.307. The lowest BCUT2D eigenvalue weighted by Crippen LogP contribution is -2.22. The highest BCUT2D eigenvalue weighted by Crippen LogP contribution is 2.16. The fourth-order valence-corrected chi connectivity index (χ4v) is 2.41. The summed E-state index contributed by atoms with van der Waals surface area (Å²) in [6, 6.07) is 8.21. The molecule has 0 amide bonds. The smallest absolute Gasteiger partial charge is 0.264 e. The molecular weight excluding hydrogens is 400 g/mol. The zero-order chi connectivity index (χ0) is 12.4. The van der Waals surface area contributed by atoms with Crippen LogP contribution in [0.25, 0.3) is 0 Å². The summed E-state index contributed by atoms with van der Waals surface area (Å²) in [7, 11) is 0. The van der Waals surface area contributed by atoms with Crippen LogP contribution in [0.3, 0.4) is 0 Å². The predicted octanol–water partition coefficient (Wildman–Crippen LogP) is 3.40. The van der Waals surface area contributed by atoms with E-state index in [-0.39, 0.29) is 17.9 Å². The summed E-state index contributed by atoms with van der Waals surface area (Å²) >= 11 is 5.26. The van der Waals surface area contributed by atoms with Gasteiger partial charge in [0.2, 0.25) is 0 Å². The molecule has 0 spiro atoms. The van der Waals surface area contributed by atoms with Gasteiger partial charge in [0.25, 0.3) is 5.56 Å². The van der Waals surface area contributed by atoms with Crippen LogP contribution in [0.5, 0.6) is 0 Å². The topological polar surface area (TPSA) is 22.0 Å². The van der Waals surface area contributed by atoms with E-state index in [2.05, 4.69) is 15.9 Å². The van der Waals surface area contributed by atoms with Crippen LogP contribution in [-0.4, -0.2) is 4.57 Å². The van der Waals surface area contributed by atoms with Gasteiger partial charge in [0.1, 0.15) is 5.82 Å². The number of nitrogens with zero attached hydrogens (tertiary/aromatic N) is 1. The predicted molar refractivity (Wildman–Crippen MR) is 76.6 cm³/mol. The Labute approximate surface area is 120 Å².